The van der Waals surface area contributed by atoms with Gasteiger partial charge in [0.05, 0.1) is 17.5 Å². The van der Waals surface area contributed by atoms with E-state index >= 15 is 0 Å². The number of ether oxygens (including phenoxy) is 1. The molecule has 0 atom stereocenters. The van der Waals surface area contributed by atoms with E-state index in [2.05, 4.69) is 29.3 Å². The van der Waals surface area contributed by atoms with Crippen molar-refractivity contribution in [3.8, 4) is 28.6 Å². The maximum absolute atomic E-state index is 13.8. The number of rotatable bonds is 7. The first kappa shape index (κ1) is 25.0. The van der Waals surface area contributed by atoms with Crippen molar-refractivity contribution in [2.45, 2.75) is 6.54 Å². The average Bonchev–Trinajstić information content (AvgIpc) is 2.98. The molecule has 4 aromatic carbocycles. The highest BCUT2D eigenvalue weighted by atomic mass is 16.5. The second-order valence-corrected chi connectivity index (χ2v) is 9.56. The van der Waals surface area contributed by atoms with Gasteiger partial charge in [-0.1, -0.05) is 24.3 Å². The van der Waals surface area contributed by atoms with Gasteiger partial charge >= 0.3 is 5.63 Å². The van der Waals surface area contributed by atoms with E-state index in [1.54, 1.807) is 36.4 Å². The molecule has 0 saturated carbocycles. The molecule has 40 heavy (non-hydrogen) atoms. The number of carbonyl (C=O) groups is 1. The molecule has 198 valence electrons. The van der Waals surface area contributed by atoms with E-state index in [0.717, 1.165) is 6.54 Å². The van der Waals surface area contributed by atoms with Crippen molar-refractivity contribution in [2.24, 2.45) is 0 Å². The number of hydrogen-bond acceptors (Lipinski definition) is 7. The summed E-state index contributed by atoms with van der Waals surface area (Å²) in [5.41, 5.74) is 2.86. The van der Waals surface area contributed by atoms with Gasteiger partial charge in [0.1, 0.15) is 29.6 Å². The van der Waals surface area contributed by atoms with Gasteiger partial charge in [-0.15, -0.1) is 0 Å². The summed E-state index contributed by atoms with van der Waals surface area (Å²) in [7, 11) is 0. The van der Waals surface area contributed by atoms with Gasteiger partial charge in [0.15, 0.2) is 5.78 Å². The molecule has 1 aromatic heterocycles. The number of aromatic hydroxyl groups is 2. The summed E-state index contributed by atoms with van der Waals surface area (Å²) in [6.07, 6.45) is 4.17. The summed E-state index contributed by atoms with van der Waals surface area (Å²) in [5, 5.41) is 20.1. The molecule has 1 aliphatic rings. The zero-order chi connectivity index (χ0) is 27.6. The molecule has 6 rings (SSSR count). The highest BCUT2D eigenvalue weighted by Crippen LogP contribution is 2.33. The Morgan fingerprint density at radius 1 is 0.875 bits per heavy atom. The predicted octanol–water partition coefficient (Wildman–Crippen LogP) is 5.97. The van der Waals surface area contributed by atoms with Crippen LogP contribution < -0.4 is 10.4 Å². The van der Waals surface area contributed by atoms with Crippen molar-refractivity contribution >= 4 is 22.6 Å². The van der Waals surface area contributed by atoms with Crippen molar-refractivity contribution < 1.29 is 24.2 Å². The summed E-state index contributed by atoms with van der Waals surface area (Å²) < 4.78 is 11.5. The third-order valence-electron chi connectivity index (χ3n) is 6.93. The first-order valence-electron chi connectivity index (χ1n) is 12.8. The molecule has 0 amide bonds. The lowest BCUT2D eigenvalue weighted by Crippen LogP contribution is -2.25. The third-order valence-corrected chi connectivity index (χ3v) is 6.93. The summed E-state index contributed by atoms with van der Waals surface area (Å²) in [6.45, 7) is 2.01. The molecule has 0 unspecified atom stereocenters. The van der Waals surface area contributed by atoms with Crippen molar-refractivity contribution in [1.29, 1.82) is 0 Å². The Morgan fingerprint density at radius 3 is 2.42 bits per heavy atom. The fourth-order valence-corrected chi connectivity index (χ4v) is 4.86. The molecule has 7 heteroatoms. The van der Waals surface area contributed by atoms with E-state index in [0.29, 0.717) is 35.4 Å². The van der Waals surface area contributed by atoms with Gasteiger partial charge in [-0.2, -0.15) is 0 Å². The van der Waals surface area contributed by atoms with Crippen molar-refractivity contribution in [1.82, 2.24) is 4.90 Å². The number of phenolic OH excluding ortho intramolecular Hbond substituents is 2. The normalized spacial score (nSPS) is 12.3. The Hall–Kier alpha value is -5.30. The van der Waals surface area contributed by atoms with Gasteiger partial charge in [0.2, 0.25) is 0 Å². The largest absolute Gasteiger partial charge is 0.508 e. The highest BCUT2D eigenvalue weighted by molar-refractivity contribution is 6.19. The number of carbonyl (C=O) groups excluding carboxylic acids is 1. The van der Waals surface area contributed by atoms with E-state index in [1.807, 2.05) is 12.1 Å². The summed E-state index contributed by atoms with van der Waals surface area (Å²) in [4.78, 5) is 28.8. The predicted molar refractivity (Wildman–Crippen MR) is 153 cm³/mol. The number of benzene rings is 4. The molecule has 1 aliphatic heterocycles. The Morgan fingerprint density at radius 2 is 1.62 bits per heavy atom. The molecule has 0 radical (unpaired) electrons. The highest BCUT2D eigenvalue weighted by Gasteiger charge is 2.23. The average molecular weight is 532 g/mol. The van der Waals surface area contributed by atoms with Crippen LogP contribution in [0.15, 0.2) is 106 Å². The number of ketones is 1. The molecular formula is C33H25NO6. The quantitative estimate of drug-likeness (QED) is 0.250. The van der Waals surface area contributed by atoms with Crippen LogP contribution in [0.1, 0.15) is 27.0 Å². The van der Waals surface area contributed by atoms with Crippen LogP contribution in [0.4, 0.5) is 0 Å². The van der Waals surface area contributed by atoms with Crippen LogP contribution in [0, 0.1) is 0 Å². The van der Waals surface area contributed by atoms with E-state index < -0.39 is 5.63 Å². The molecule has 7 nitrogen and oxygen atoms in total. The second kappa shape index (κ2) is 10.5. The Bertz CT molecular complexity index is 1800. The third kappa shape index (κ3) is 4.92. The zero-order valence-corrected chi connectivity index (χ0v) is 21.4. The zero-order valence-electron chi connectivity index (χ0n) is 21.4. The Balaban J connectivity index is 1.24. The van der Waals surface area contributed by atoms with Crippen molar-refractivity contribution in [3.05, 3.63) is 130 Å². The molecule has 0 aliphatic carbocycles. The molecule has 2 heterocycles. The van der Waals surface area contributed by atoms with Gasteiger partial charge in [-0.25, -0.2) is 4.79 Å². The summed E-state index contributed by atoms with van der Waals surface area (Å²) in [6, 6.07) is 25.4. The van der Waals surface area contributed by atoms with E-state index in [-0.39, 0.29) is 34.0 Å². The Kier molecular flexibility index (Phi) is 6.54. The van der Waals surface area contributed by atoms with E-state index in [9.17, 15) is 19.8 Å². The van der Waals surface area contributed by atoms with Gasteiger partial charge in [0.25, 0.3) is 0 Å². The Labute approximate surface area is 229 Å². The van der Waals surface area contributed by atoms with Crippen LogP contribution in [0.3, 0.4) is 0 Å². The second-order valence-electron chi connectivity index (χ2n) is 9.56. The molecule has 2 N–H and O–H groups in total. The lowest BCUT2D eigenvalue weighted by atomic mass is 9.94. The maximum Gasteiger partial charge on any atom is 0.344 e. The van der Waals surface area contributed by atoms with Crippen LogP contribution >= 0.6 is 0 Å². The summed E-state index contributed by atoms with van der Waals surface area (Å²) >= 11 is 0. The van der Waals surface area contributed by atoms with Crippen LogP contribution in [0.2, 0.25) is 0 Å². The van der Waals surface area contributed by atoms with Crippen LogP contribution in [-0.4, -0.2) is 34.0 Å². The lowest BCUT2D eigenvalue weighted by molar-refractivity contribution is 0.103. The molecule has 0 spiro atoms. The van der Waals surface area contributed by atoms with Crippen LogP contribution in [0.25, 0.3) is 28.2 Å². The standard InChI is InChI=1S/C33H25NO6/c35-25-9-5-23(6-10-25)32-30(28-14-11-26(36)19-29(28)33(38)40-32)31(37)22-7-12-27(13-8-22)39-18-17-34-16-15-21-3-1-2-4-24(21)20-34/h1-16,19,35-36H,17-18,20H2. The van der Waals surface area contributed by atoms with Gasteiger partial charge < -0.3 is 24.3 Å². The van der Waals surface area contributed by atoms with Gasteiger partial charge in [0, 0.05) is 29.3 Å². The van der Waals surface area contributed by atoms with E-state index in [4.69, 9.17) is 9.15 Å². The molecule has 0 bridgehead atoms. The summed E-state index contributed by atoms with van der Waals surface area (Å²) in [5.74, 6) is 0.296. The van der Waals surface area contributed by atoms with Crippen LogP contribution in [-0.2, 0) is 6.54 Å². The number of fused-ring (bicyclic) bond motifs is 2. The van der Waals surface area contributed by atoms with E-state index in [1.165, 1.54) is 41.5 Å². The number of phenols is 2. The number of nitrogens with zero attached hydrogens (tertiary/aromatic N) is 1. The molecule has 5 aromatic rings. The molecule has 0 saturated heterocycles. The van der Waals surface area contributed by atoms with Crippen molar-refractivity contribution in [2.75, 3.05) is 13.2 Å². The molecular weight excluding hydrogens is 506 g/mol. The minimum atomic E-state index is -0.679. The SMILES string of the molecule is O=C(c1ccc(OCCN2C=Cc3ccccc3C2)cc1)c1c(-c2ccc(O)cc2)oc(=O)c2cc(O)ccc12. The van der Waals surface area contributed by atoms with Gasteiger partial charge in [-0.3, -0.25) is 4.79 Å². The van der Waals surface area contributed by atoms with Crippen LogP contribution in [0.5, 0.6) is 17.2 Å². The smallest absolute Gasteiger partial charge is 0.344 e. The fraction of sp³-hybridized carbons (Fsp3) is 0.0909. The van der Waals surface area contributed by atoms with Gasteiger partial charge in [-0.05, 0) is 83.9 Å². The minimum Gasteiger partial charge on any atom is -0.508 e. The topological polar surface area (TPSA) is 100 Å². The maximum atomic E-state index is 13.8. The number of hydrogen-bond donors (Lipinski definition) is 2. The fourth-order valence-electron chi connectivity index (χ4n) is 4.86. The lowest BCUT2D eigenvalue weighted by Gasteiger charge is -2.25. The monoisotopic (exact) mass is 531 g/mol. The minimum absolute atomic E-state index is 0.0430. The first-order valence-corrected chi connectivity index (χ1v) is 12.8. The first-order chi connectivity index (χ1) is 19.5. The van der Waals surface area contributed by atoms with Crippen molar-refractivity contribution in [3.63, 3.8) is 0 Å². The molecule has 0 fully saturated rings.